The zero-order chi connectivity index (χ0) is 16.9. The van der Waals surface area contributed by atoms with Crippen LogP contribution in [-0.4, -0.2) is 50.1 Å². The normalized spacial score (nSPS) is 20.4. The van der Waals surface area contributed by atoms with Gasteiger partial charge < -0.3 is 15.1 Å². The number of nitrogens with zero attached hydrogens (tertiary/aromatic N) is 2. The van der Waals surface area contributed by atoms with Crippen molar-refractivity contribution in [2.45, 2.75) is 38.6 Å². The lowest BCUT2D eigenvalue weighted by Gasteiger charge is -2.34. The predicted molar refractivity (Wildman–Crippen MR) is 99.6 cm³/mol. The van der Waals surface area contributed by atoms with E-state index in [0.717, 1.165) is 44.6 Å². The van der Waals surface area contributed by atoms with E-state index in [9.17, 15) is 4.79 Å². The second-order valence-electron chi connectivity index (χ2n) is 7.06. The molecular weight excluding hydrogens is 298 g/mol. The molecule has 1 unspecified atom stereocenters. The van der Waals surface area contributed by atoms with Gasteiger partial charge in [-0.3, -0.25) is 4.79 Å². The van der Waals surface area contributed by atoms with E-state index in [0.29, 0.717) is 0 Å². The number of benzene rings is 1. The molecule has 0 bridgehead atoms. The number of piperazine rings is 1. The molecule has 1 amide bonds. The van der Waals surface area contributed by atoms with E-state index in [2.05, 4.69) is 47.3 Å². The van der Waals surface area contributed by atoms with E-state index in [1.165, 1.54) is 24.1 Å². The number of nitrogens with one attached hydrogen (secondary N) is 1. The monoisotopic (exact) mass is 327 g/mol. The molecule has 1 aliphatic heterocycles. The molecule has 1 aromatic carbocycles. The first-order chi connectivity index (χ1) is 11.6. The van der Waals surface area contributed by atoms with Gasteiger partial charge >= 0.3 is 0 Å². The summed E-state index contributed by atoms with van der Waals surface area (Å²) in [6, 6.07) is 8.18. The summed E-state index contributed by atoms with van der Waals surface area (Å²) in [6.45, 7) is 6.37. The molecular formula is C20H29N3O. The summed E-state index contributed by atoms with van der Waals surface area (Å²) in [5, 5.41) is 3.14. The molecule has 0 aromatic heterocycles. The van der Waals surface area contributed by atoms with Gasteiger partial charge in [0.1, 0.15) is 0 Å². The molecule has 1 saturated heterocycles. The highest BCUT2D eigenvalue weighted by molar-refractivity contribution is 5.94. The number of hydrogen-bond donors (Lipinski definition) is 1. The highest BCUT2D eigenvalue weighted by Crippen LogP contribution is 2.21. The Balaban J connectivity index is 1.58. The van der Waals surface area contributed by atoms with E-state index < -0.39 is 0 Å². The number of hydrogen-bond acceptors (Lipinski definition) is 3. The molecule has 1 N–H and O–H groups in total. The van der Waals surface area contributed by atoms with Crippen LogP contribution in [0.2, 0.25) is 0 Å². The summed E-state index contributed by atoms with van der Waals surface area (Å²) in [6.07, 6.45) is 7.08. The summed E-state index contributed by atoms with van der Waals surface area (Å²) in [4.78, 5) is 17.2. The number of anilines is 1. The lowest BCUT2D eigenvalue weighted by atomic mass is 9.94. The lowest BCUT2D eigenvalue weighted by Crippen LogP contribution is -2.44. The number of carbonyl (C=O) groups excluding carboxylic acids is 1. The topological polar surface area (TPSA) is 35.6 Å². The molecule has 24 heavy (non-hydrogen) atoms. The minimum atomic E-state index is 0.0268. The Kier molecular flexibility index (Phi) is 5.56. The molecule has 0 radical (unpaired) electrons. The zero-order valence-electron chi connectivity index (χ0n) is 14.9. The molecule has 1 atom stereocenters. The third-order valence-corrected chi connectivity index (χ3v) is 5.23. The maximum Gasteiger partial charge on any atom is 0.251 e. The van der Waals surface area contributed by atoms with Gasteiger partial charge in [0, 0.05) is 43.5 Å². The van der Waals surface area contributed by atoms with Gasteiger partial charge in [0.25, 0.3) is 5.91 Å². The molecule has 3 rings (SSSR count). The SMILES string of the molecule is CC(NC(=O)c1ccc(N2CCN(C)CC2)cc1)C1=CCCCC1. The van der Waals surface area contributed by atoms with Crippen molar-refractivity contribution in [1.82, 2.24) is 10.2 Å². The van der Waals surface area contributed by atoms with Gasteiger partial charge in [-0.05, 0) is 63.9 Å². The molecule has 1 aliphatic carbocycles. The quantitative estimate of drug-likeness (QED) is 0.864. The fourth-order valence-electron chi connectivity index (χ4n) is 3.52. The summed E-state index contributed by atoms with van der Waals surface area (Å²) >= 11 is 0. The minimum Gasteiger partial charge on any atom is -0.369 e. The first kappa shape index (κ1) is 17.0. The van der Waals surface area contributed by atoms with Gasteiger partial charge in [-0.1, -0.05) is 11.6 Å². The molecule has 0 saturated carbocycles. The van der Waals surface area contributed by atoms with Crippen molar-refractivity contribution < 1.29 is 4.79 Å². The Morgan fingerprint density at radius 3 is 2.42 bits per heavy atom. The highest BCUT2D eigenvalue weighted by atomic mass is 16.1. The molecule has 1 aromatic rings. The van der Waals surface area contributed by atoms with E-state index in [4.69, 9.17) is 0 Å². The molecule has 4 nitrogen and oxygen atoms in total. The number of rotatable bonds is 4. The third kappa shape index (κ3) is 4.18. The Morgan fingerprint density at radius 1 is 1.08 bits per heavy atom. The number of carbonyl (C=O) groups is 1. The Bertz CT molecular complexity index is 585. The van der Waals surface area contributed by atoms with E-state index in [-0.39, 0.29) is 11.9 Å². The number of amides is 1. The van der Waals surface area contributed by atoms with Crippen LogP contribution in [0.15, 0.2) is 35.9 Å². The Labute approximate surface area is 145 Å². The minimum absolute atomic E-state index is 0.0268. The lowest BCUT2D eigenvalue weighted by molar-refractivity contribution is 0.0944. The second-order valence-corrected chi connectivity index (χ2v) is 7.06. The van der Waals surface area contributed by atoms with Crippen LogP contribution in [0.3, 0.4) is 0 Å². The maximum atomic E-state index is 12.5. The average molecular weight is 327 g/mol. The maximum absolute atomic E-state index is 12.5. The van der Waals surface area contributed by atoms with E-state index >= 15 is 0 Å². The van der Waals surface area contributed by atoms with Crippen molar-refractivity contribution in [1.29, 1.82) is 0 Å². The summed E-state index contributed by atoms with van der Waals surface area (Å²) < 4.78 is 0. The second kappa shape index (κ2) is 7.84. The average Bonchev–Trinajstić information content (AvgIpc) is 2.63. The number of allylic oxidation sites excluding steroid dienone is 1. The Hall–Kier alpha value is -1.81. The fraction of sp³-hybridized carbons (Fsp3) is 0.550. The molecule has 0 spiro atoms. The molecule has 4 heteroatoms. The first-order valence-corrected chi connectivity index (χ1v) is 9.17. The van der Waals surface area contributed by atoms with Crippen molar-refractivity contribution in [3.05, 3.63) is 41.5 Å². The van der Waals surface area contributed by atoms with Crippen LogP contribution in [0, 0.1) is 0 Å². The molecule has 1 fully saturated rings. The van der Waals surface area contributed by atoms with Crippen molar-refractivity contribution in [2.75, 3.05) is 38.1 Å². The van der Waals surface area contributed by atoms with Gasteiger partial charge in [0.2, 0.25) is 0 Å². The molecule has 1 heterocycles. The summed E-state index contributed by atoms with van der Waals surface area (Å²) in [7, 11) is 2.16. The zero-order valence-corrected chi connectivity index (χ0v) is 14.9. The molecule has 2 aliphatic rings. The fourth-order valence-corrected chi connectivity index (χ4v) is 3.52. The van der Waals surface area contributed by atoms with E-state index in [1.807, 2.05) is 12.1 Å². The highest BCUT2D eigenvalue weighted by Gasteiger charge is 2.17. The summed E-state index contributed by atoms with van der Waals surface area (Å²) in [5.41, 5.74) is 3.34. The predicted octanol–water partition coefficient (Wildman–Crippen LogP) is 3.06. The van der Waals surface area contributed by atoms with Crippen LogP contribution in [0.4, 0.5) is 5.69 Å². The third-order valence-electron chi connectivity index (χ3n) is 5.23. The van der Waals surface area contributed by atoms with E-state index in [1.54, 1.807) is 0 Å². The standard InChI is InChI=1S/C20H29N3O/c1-16(17-6-4-3-5-7-17)21-20(24)18-8-10-19(11-9-18)23-14-12-22(2)13-15-23/h6,8-11,16H,3-5,7,12-15H2,1-2H3,(H,21,24). The van der Waals surface area contributed by atoms with Crippen LogP contribution >= 0.6 is 0 Å². The van der Waals surface area contributed by atoms with Crippen molar-refractivity contribution in [2.24, 2.45) is 0 Å². The van der Waals surface area contributed by atoms with Crippen LogP contribution in [-0.2, 0) is 0 Å². The first-order valence-electron chi connectivity index (χ1n) is 9.17. The van der Waals surface area contributed by atoms with Crippen molar-refractivity contribution in [3.63, 3.8) is 0 Å². The van der Waals surface area contributed by atoms with Gasteiger partial charge in [-0.25, -0.2) is 0 Å². The van der Waals surface area contributed by atoms with Gasteiger partial charge in [-0.15, -0.1) is 0 Å². The van der Waals surface area contributed by atoms with Crippen LogP contribution < -0.4 is 10.2 Å². The smallest absolute Gasteiger partial charge is 0.251 e. The van der Waals surface area contributed by atoms with Crippen molar-refractivity contribution in [3.8, 4) is 0 Å². The van der Waals surface area contributed by atoms with Gasteiger partial charge in [0.15, 0.2) is 0 Å². The van der Waals surface area contributed by atoms with Crippen LogP contribution in [0.1, 0.15) is 43.0 Å². The van der Waals surface area contributed by atoms with Crippen LogP contribution in [0.5, 0.6) is 0 Å². The van der Waals surface area contributed by atoms with Gasteiger partial charge in [-0.2, -0.15) is 0 Å². The van der Waals surface area contributed by atoms with Crippen molar-refractivity contribution >= 4 is 11.6 Å². The summed E-state index contributed by atoms with van der Waals surface area (Å²) in [5.74, 6) is 0.0268. The van der Waals surface area contributed by atoms with Gasteiger partial charge in [0.05, 0.1) is 0 Å². The number of likely N-dealkylation sites (N-methyl/N-ethyl adjacent to an activating group) is 1. The largest absolute Gasteiger partial charge is 0.369 e. The van der Waals surface area contributed by atoms with Crippen LogP contribution in [0.25, 0.3) is 0 Å². The molecule has 130 valence electrons. The Morgan fingerprint density at radius 2 is 1.79 bits per heavy atom.